The summed E-state index contributed by atoms with van der Waals surface area (Å²) in [5.74, 6) is 2.72. The molecule has 1 aliphatic rings. The van der Waals surface area contributed by atoms with Gasteiger partial charge in [-0.1, -0.05) is 23.7 Å². The van der Waals surface area contributed by atoms with Gasteiger partial charge in [0.15, 0.2) is 5.65 Å². The highest BCUT2D eigenvalue weighted by Crippen LogP contribution is 2.27. The monoisotopic (exact) mass is 463 g/mol. The fraction of sp³-hybridized carbons (Fsp3) is 0.320. The third-order valence-corrected chi connectivity index (χ3v) is 6.35. The number of aromatic nitrogens is 3. The van der Waals surface area contributed by atoms with Gasteiger partial charge in [-0.05, 0) is 51.0 Å². The lowest BCUT2D eigenvalue weighted by Crippen LogP contribution is -2.41. The molecule has 1 amide bonds. The number of amides is 1. The highest BCUT2D eigenvalue weighted by atomic mass is 35.5. The Morgan fingerprint density at radius 2 is 1.88 bits per heavy atom. The van der Waals surface area contributed by atoms with Crippen molar-refractivity contribution in [2.24, 2.45) is 5.92 Å². The van der Waals surface area contributed by atoms with Gasteiger partial charge in [0.05, 0.1) is 12.2 Å². The Kier molecular flexibility index (Phi) is 5.81. The minimum absolute atomic E-state index is 0.00187. The minimum atomic E-state index is -0.00187. The molecular weight excluding hydrogens is 438 g/mol. The van der Waals surface area contributed by atoms with E-state index in [4.69, 9.17) is 21.1 Å². The van der Waals surface area contributed by atoms with Crippen LogP contribution in [0.3, 0.4) is 0 Å². The number of carbonyl (C=O) groups is 1. The average Bonchev–Trinajstić information content (AvgIpc) is 3.43. The maximum Gasteiger partial charge on any atom is 0.223 e. The van der Waals surface area contributed by atoms with Crippen LogP contribution < -0.4 is 10.2 Å². The number of furan rings is 1. The molecule has 0 aliphatic carbocycles. The molecule has 0 atom stereocenters. The second kappa shape index (κ2) is 8.90. The summed E-state index contributed by atoms with van der Waals surface area (Å²) >= 11 is 6.03. The Balaban J connectivity index is 1.29. The molecule has 1 N–H and O–H groups in total. The summed E-state index contributed by atoms with van der Waals surface area (Å²) in [5, 5.41) is 8.54. The first-order chi connectivity index (χ1) is 16.0. The van der Waals surface area contributed by atoms with Crippen molar-refractivity contribution in [2.75, 3.05) is 18.0 Å². The molecule has 7 nitrogen and oxygen atoms in total. The van der Waals surface area contributed by atoms with E-state index >= 15 is 0 Å². The van der Waals surface area contributed by atoms with Gasteiger partial charge in [-0.25, -0.2) is 4.98 Å². The Labute approximate surface area is 197 Å². The van der Waals surface area contributed by atoms with Crippen LogP contribution in [0.25, 0.3) is 16.9 Å². The first-order valence-electron chi connectivity index (χ1n) is 11.2. The molecule has 1 aliphatic heterocycles. The summed E-state index contributed by atoms with van der Waals surface area (Å²) in [6, 6.07) is 15.5. The van der Waals surface area contributed by atoms with Crippen molar-refractivity contribution in [2.45, 2.75) is 33.2 Å². The predicted octanol–water partition coefficient (Wildman–Crippen LogP) is 4.79. The Morgan fingerprint density at radius 1 is 1.12 bits per heavy atom. The van der Waals surface area contributed by atoms with E-state index in [-0.39, 0.29) is 11.8 Å². The number of carbonyl (C=O) groups excluding carboxylic acids is 1. The van der Waals surface area contributed by atoms with Crippen LogP contribution in [-0.2, 0) is 11.3 Å². The van der Waals surface area contributed by atoms with Gasteiger partial charge in [0.2, 0.25) is 5.91 Å². The Morgan fingerprint density at radius 3 is 2.58 bits per heavy atom. The summed E-state index contributed by atoms with van der Waals surface area (Å²) in [7, 11) is 0. The van der Waals surface area contributed by atoms with E-state index in [1.54, 1.807) is 0 Å². The quantitative estimate of drug-likeness (QED) is 0.460. The molecule has 0 radical (unpaired) electrons. The van der Waals surface area contributed by atoms with Crippen molar-refractivity contribution < 1.29 is 9.21 Å². The molecule has 4 aromatic rings. The zero-order valence-electron chi connectivity index (χ0n) is 18.7. The smallest absolute Gasteiger partial charge is 0.223 e. The van der Waals surface area contributed by atoms with Crippen LogP contribution in [0.1, 0.15) is 30.1 Å². The van der Waals surface area contributed by atoms with Gasteiger partial charge in [0, 0.05) is 47.4 Å². The van der Waals surface area contributed by atoms with Crippen molar-refractivity contribution in [3.05, 3.63) is 70.8 Å². The SMILES string of the molecule is Cc1cc(N2CCC(C(=O)NCc3ccc(C)o3)CC2)n2nc(-c3ccc(Cl)cc3)cc2n1. The van der Waals surface area contributed by atoms with Crippen molar-refractivity contribution in [1.82, 2.24) is 19.9 Å². The number of piperidine rings is 1. The molecule has 0 unspecified atom stereocenters. The summed E-state index contributed by atoms with van der Waals surface area (Å²) in [5.41, 5.74) is 3.60. The van der Waals surface area contributed by atoms with Gasteiger partial charge >= 0.3 is 0 Å². The molecule has 0 spiro atoms. The number of aryl methyl sites for hydroxylation is 2. The molecule has 8 heteroatoms. The van der Waals surface area contributed by atoms with Crippen LogP contribution in [0.4, 0.5) is 5.82 Å². The van der Waals surface area contributed by atoms with Gasteiger partial charge < -0.3 is 14.6 Å². The van der Waals surface area contributed by atoms with E-state index in [0.29, 0.717) is 11.6 Å². The van der Waals surface area contributed by atoms with Crippen LogP contribution in [0.15, 0.2) is 52.9 Å². The fourth-order valence-corrected chi connectivity index (χ4v) is 4.46. The Hall–Kier alpha value is -3.32. The summed E-state index contributed by atoms with van der Waals surface area (Å²) in [6.07, 6.45) is 1.58. The number of nitrogens with one attached hydrogen (secondary N) is 1. The standard InChI is InChI=1S/C25H26ClN5O2/c1-16-13-24(31-23(28-16)14-22(29-31)18-4-6-20(26)7-5-18)30-11-9-19(10-12-30)25(32)27-15-21-8-3-17(2)33-21/h3-8,13-14,19H,9-12,15H2,1-2H3,(H,27,32). The summed E-state index contributed by atoms with van der Waals surface area (Å²) in [4.78, 5) is 19.6. The van der Waals surface area contributed by atoms with E-state index in [2.05, 4.69) is 21.3 Å². The van der Waals surface area contributed by atoms with Crippen LogP contribution in [0.2, 0.25) is 5.02 Å². The lowest BCUT2D eigenvalue weighted by Gasteiger charge is -2.33. The summed E-state index contributed by atoms with van der Waals surface area (Å²) in [6.45, 7) is 5.89. The lowest BCUT2D eigenvalue weighted by molar-refractivity contribution is -0.125. The molecule has 0 bridgehead atoms. The van der Waals surface area contributed by atoms with E-state index in [1.165, 1.54) is 0 Å². The first-order valence-corrected chi connectivity index (χ1v) is 11.6. The molecule has 33 heavy (non-hydrogen) atoms. The van der Waals surface area contributed by atoms with E-state index in [9.17, 15) is 4.79 Å². The topological polar surface area (TPSA) is 75.7 Å². The van der Waals surface area contributed by atoms with Gasteiger partial charge in [0.1, 0.15) is 17.3 Å². The van der Waals surface area contributed by atoms with Crippen LogP contribution in [-0.4, -0.2) is 33.6 Å². The van der Waals surface area contributed by atoms with Crippen LogP contribution in [0, 0.1) is 19.8 Å². The van der Waals surface area contributed by atoms with E-state index < -0.39 is 0 Å². The van der Waals surface area contributed by atoms with Crippen LogP contribution >= 0.6 is 11.6 Å². The van der Waals surface area contributed by atoms with Crippen molar-refractivity contribution in [3.63, 3.8) is 0 Å². The number of anilines is 1. The molecule has 5 rings (SSSR count). The number of rotatable bonds is 5. The molecule has 1 aromatic carbocycles. The van der Waals surface area contributed by atoms with Gasteiger partial charge in [-0.3, -0.25) is 4.79 Å². The summed E-state index contributed by atoms with van der Waals surface area (Å²) < 4.78 is 7.44. The van der Waals surface area contributed by atoms with Crippen molar-refractivity contribution in [1.29, 1.82) is 0 Å². The molecule has 1 saturated heterocycles. The van der Waals surface area contributed by atoms with Gasteiger partial charge in [-0.15, -0.1) is 0 Å². The zero-order chi connectivity index (χ0) is 22.9. The number of nitrogens with zero attached hydrogens (tertiary/aromatic N) is 4. The van der Waals surface area contributed by atoms with Crippen molar-refractivity contribution >= 4 is 29.0 Å². The molecular formula is C25H26ClN5O2. The lowest BCUT2D eigenvalue weighted by atomic mass is 9.96. The first kappa shape index (κ1) is 21.5. The minimum Gasteiger partial charge on any atom is -0.465 e. The predicted molar refractivity (Wildman–Crippen MR) is 128 cm³/mol. The maximum absolute atomic E-state index is 12.7. The van der Waals surface area contributed by atoms with E-state index in [0.717, 1.165) is 65.9 Å². The number of hydrogen-bond acceptors (Lipinski definition) is 5. The van der Waals surface area contributed by atoms with E-state index in [1.807, 2.05) is 60.8 Å². The van der Waals surface area contributed by atoms with Crippen LogP contribution in [0.5, 0.6) is 0 Å². The molecule has 0 saturated carbocycles. The fourth-order valence-electron chi connectivity index (χ4n) is 4.34. The second-order valence-electron chi connectivity index (χ2n) is 8.55. The highest BCUT2D eigenvalue weighted by Gasteiger charge is 2.26. The third-order valence-electron chi connectivity index (χ3n) is 6.10. The molecule has 4 heterocycles. The molecule has 170 valence electrons. The molecule has 1 fully saturated rings. The average molecular weight is 464 g/mol. The van der Waals surface area contributed by atoms with Crippen molar-refractivity contribution in [3.8, 4) is 11.3 Å². The maximum atomic E-state index is 12.7. The number of halogens is 1. The highest BCUT2D eigenvalue weighted by molar-refractivity contribution is 6.30. The number of fused-ring (bicyclic) bond motifs is 1. The Bertz CT molecular complexity index is 1290. The molecule has 3 aromatic heterocycles. The second-order valence-corrected chi connectivity index (χ2v) is 8.99. The van der Waals surface area contributed by atoms with Gasteiger partial charge in [0.25, 0.3) is 0 Å². The third kappa shape index (κ3) is 4.59. The number of hydrogen-bond donors (Lipinski definition) is 1. The normalized spacial score (nSPS) is 14.7. The number of benzene rings is 1. The zero-order valence-corrected chi connectivity index (χ0v) is 19.5. The van der Waals surface area contributed by atoms with Gasteiger partial charge in [-0.2, -0.15) is 9.61 Å². The largest absolute Gasteiger partial charge is 0.465 e.